The van der Waals surface area contributed by atoms with Gasteiger partial charge in [0.05, 0.1) is 4.91 Å². The monoisotopic (exact) mass is 282 g/mol. The number of carbonyl (C=O) groups is 1. The lowest BCUT2D eigenvalue weighted by Gasteiger charge is -2.16. The number of carbonyl (C=O) groups excluding carboxylic acids is 1. The highest BCUT2D eigenvalue weighted by molar-refractivity contribution is 8.26. The summed E-state index contributed by atoms with van der Waals surface area (Å²) in [7, 11) is 0. The van der Waals surface area contributed by atoms with Crippen molar-refractivity contribution in [3.8, 4) is 0 Å². The van der Waals surface area contributed by atoms with E-state index in [9.17, 15) is 4.79 Å². The van der Waals surface area contributed by atoms with Crippen molar-refractivity contribution in [1.82, 2.24) is 9.80 Å². The number of thioether (sulfide) groups is 1. The maximum atomic E-state index is 12.0. The molecule has 2 fully saturated rings. The lowest BCUT2D eigenvalue weighted by Crippen LogP contribution is -2.27. The Morgan fingerprint density at radius 1 is 1.33 bits per heavy atom. The first-order valence-electron chi connectivity index (χ1n) is 6.36. The second-order valence-electron chi connectivity index (χ2n) is 4.29. The predicted molar refractivity (Wildman–Crippen MR) is 80.2 cm³/mol. The van der Waals surface area contributed by atoms with Gasteiger partial charge in [-0.3, -0.25) is 9.69 Å². The number of nitrogens with zero attached hydrogens (tertiary/aromatic N) is 2. The Kier molecular flexibility index (Phi) is 4.45. The van der Waals surface area contributed by atoms with Gasteiger partial charge in [0.25, 0.3) is 5.91 Å². The van der Waals surface area contributed by atoms with Gasteiger partial charge in [0.2, 0.25) is 0 Å². The zero-order valence-electron chi connectivity index (χ0n) is 10.8. The second-order valence-corrected chi connectivity index (χ2v) is 5.97. The molecule has 0 aromatic rings. The molecule has 0 saturated carbocycles. The van der Waals surface area contributed by atoms with Crippen LogP contribution < -0.4 is 0 Å². The fourth-order valence-corrected chi connectivity index (χ4v) is 3.59. The van der Waals surface area contributed by atoms with Crippen LogP contribution in [0.2, 0.25) is 0 Å². The summed E-state index contributed by atoms with van der Waals surface area (Å²) in [6, 6.07) is 0. The molecule has 0 N–H and O–H groups in total. The molecule has 2 aliphatic heterocycles. The molecule has 0 unspecified atom stereocenters. The predicted octanol–water partition coefficient (Wildman–Crippen LogP) is 2.75. The summed E-state index contributed by atoms with van der Waals surface area (Å²) in [5.41, 5.74) is 1.33. The molecule has 2 saturated heterocycles. The third-order valence-electron chi connectivity index (χ3n) is 3.27. The molecule has 0 aromatic carbocycles. The SMILES string of the molecule is CCN1C(=O)/C(=C\C=C2/CCCN2CC)SC1=S. The first-order valence-corrected chi connectivity index (χ1v) is 7.59. The number of likely N-dealkylation sites (N-methyl/N-ethyl adjacent to an activating group) is 1. The molecule has 0 spiro atoms. The standard InChI is InChI=1S/C13H18N2OS2/c1-3-14-9-5-6-10(14)7-8-11-12(16)15(4-2)13(17)18-11/h7-8H,3-6,9H2,1-2H3/b10-7+,11-8+. The summed E-state index contributed by atoms with van der Waals surface area (Å²) in [6.45, 7) is 6.93. The highest BCUT2D eigenvalue weighted by Crippen LogP contribution is 2.31. The fourth-order valence-electron chi connectivity index (χ4n) is 2.26. The van der Waals surface area contributed by atoms with Gasteiger partial charge in [0.1, 0.15) is 4.32 Å². The molecule has 0 radical (unpaired) electrons. The number of allylic oxidation sites excluding steroid dienone is 3. The summed E-state index contributed by atoms with van der Waals surface area (Å²) < 4.78 is 0.672. The summed E-state index contributed by atoms with van der Waals surface area (Å²) >= 11 is 6.59. The van der Waals surface area contributed by atoms with Gasteiger partial charge < -0.3 is 4.90 Å². The van der Waals surface area contributed by atoms with E-state index in [0.29, 0.717) is 10.9 Å². The Labute approximate surface area is 118 Å². The van der Waals surface area contributed by atoms with E-state index in [1.807, 2.05) is 13.0 Å². The molecule has 0 aromatic heterocycles. The molecule has 98 valence electrons. The zero-order valence-corrected chi connectivity index (χ0v) is 12.4. The van der Waals surface area contributed by atoms with Crippen molar-refractivity contribution in [2.24, 2.45) is 0 Å². The van der Waals surface area contributed by atoms with Crippen LogP contribution >= 0.6 is 24.0 Å². The highest BCUT2D eigenvalue weighted by Gasteiger charge is 2.30. The van der Waals surface area contributed by atoms with Crippen molar-refractivity contribution in [3.05, 3.63) is 22.8 Å². The largest absolute Gasteiger partial charge is 0.375 e. The number of rotatable bonds is 3. The number of hydrogen-bond acceptors (Lipinski definition) is 4. The van der Waals surface area contributed by atoms with E-state index >= 15 is 0 Å². The molecule has 0 bridgehead atoms. The Bertz CT molecular complexity index is 429. The summed E-state index contributed by atoms with van der Waals surface area (Å²) in [6.07, 6.45) is 6.33. The Hall–Kier alpha value is -0.810. The normalized spacial score (nSPS) is 25.0. The van der Waals surface area contributed by atoms with Crippen LogP contribution in [0.25, 0.3) is 0 Å². The van der Waals surface area contributed by atoms with E-state index in [2.05, 4.69) is 17.9 Å². The number of amides is 1. The summed E-state index contributed by atoms with van der Waals surface area (Å²) in [5.74, 6) is 0.0467. The number of likely N-dealkylation sites (tertiary alicyclic amines) is 1. The maximum Gasteiger partial charge on any atom is 0.266 e. The van der Waals surface area contributed by atoms with E-state index < -0.39 is 0 Å². The fraction of sp³-hybridized carbons (Fsp3) is 0.538. The minimum absolute atomic E-state index is 0.0467. The van der Waals surface area contributed by atoms with Crippen molar-refractivity contribution in [3.63, 3.8) is 0 Å². The van der Waals surface area contributed by atoms with Crippen LogP contribution in [0.4, 0.5) is 0 Å². The second kappa shape index (κ2) is 5.89. The first kappa shape index (κ1) is 13.6. The number of hydrogen-bond donors (Lipinski definition) is 0. The van der Waals surface area contributed by atoms with Gasteiger partial charge in [-0.05, 0) is 38.8 Å². The van der Waals surface area contributed by atoms with Gasteiger partial charge >= 0.3 is 0 Å². The van der Waals surface area contributed by atoms with Gasteiger partial charge in [-0.15, -0.1) is 0 Å². The summed E-state index contributed by atoms with van der Waals surface area (Å²) in [5, 5.41) is 0. The molecule has 18 heavy (non-hydrogen) atoms. The van der Waals surface area contributed by atoms with E-state index in [-0.39, 0.29) is 5.91 Å². The van der Waals surface area contributed by atoms with E-state index in [4.69, 9.17) is 12.2 Å². The highest BCUT2D eigenvalue weighted by atomic mass is 32.2. The lowest BCUT2D eigenvalue weighted by atomic mass is 10.3. The van der Waals surface area contributed by atoms with Crippen molar-refractivity contribution >= 4 is 34.2 Å². The van der Waals surface area contributed by atoms with Crippen LogP contribution in [-0.2, 0) is 4.79 Å². The first-order chi connectivity index (χ1) is 8.67. The molecule has 1 amide bonds. The molecule has 3 nitrogen and oxygen atoms in total. The number of thiocarbonyl (C=S) groups is 1. The molecule has 0 aliphatic carbocycles. The quantitative estimate of drug-likeness (QED) is 0.586. The van der Waals surface area contributed by atoms with Gasteiger partial charge in [0, 0.05) is 25.3 Å². The van der Waals surface area contributed by atoms with E-state index in [0.717, 1.165) is 24.4 Å². The molecule has 2 rings (SSSR count). The summed E-state index contributed by atoms with van der Waals surface area (Å²) in [4.78, 5) is 16.8. The smallest absolute Gasteiger partial charge is 0.266 e. The molecule has 0 atom stereocenters. The van der Waals surface area contributed by atoms with Gasteiger partial charge in [0.15, 0.2) is 0 Å². The van der Waals surface area contributed by atoms with Crippen LogP contribution in [0.3, 0.4) is 0 Å². The van der Waals surface area contributed by atoms with E-state index in [1.54, 1.807) is 4.90 Å². The topological polar surface area (TPSA) is 23.6 Å². The van der Waals surface area contributed by atoms with Crippen molar-refractivity contribution < 1.29 is 4.79 Å². The van der Waals surface area contributed by atoms with Gasteiger partial charge in [-0.25, -0.2) is 0 Å². The minimum atomic E-state index is 0.0467. The Morgan fingerprint density at radius 3 is 2.72 bits per heavy atom. The molecule has 5 heteroatoms. The van der Waals surface area contributed by atoms with Crippen LogP contribution in [0.5, 0.6) is 0 Å². The zero-order chi connectivity index (χ0) is 13.1. The minimum Gasteiger partial charge on any atom is -0.375 e. The third kappa shape index (κ3) is 2.62. The maximum absolute atomic E-state index is 12.0. The van der Waals surface area contributed by atoms with Crippen LogP contribution in [-0.4, -0.2) is 39.7 Å². The molecule has 2 heterocycles. The van der Waals surface area contributed by atoms with Crippen molar-refractivity contribution in [1.29, 1.82) is 0 Å². The molecular formula is C13H18N2OS2. The van der Waals surface area contributed by atoms with Gasteiger partial charge in [-0.2, -0.15) is 0 Å². The van der Waals surface area contributed by atoms with E-state index in [1.165, 1.54) is 23.9 Å². The van der Waals surface area contributed by atoms with Crippen molar-refractivity contribution in [2.45, 2.75) is 26.7 Å². The van der Waals surface area contributed by atoms with Crippen LogP contribution in [0.1, 0.15) is 26.7 Å². The van der Waals surface area contributed by atoms with Gasteiger partial charge in [-0.1, -0.05) is 24.0 Å². The Balaban J connectivity index is 2.13. The van der Waals surface area contributed by atoms with Crippen LogP contribution in [0, 0.1) is 0 Å². The third-order valence-corrected chi connectivity index (χ3v) is 4.66. The van der Waals surface area contributed by atoms with Crippen molar-refractivity contribution in [2.75, 3.05) is 19.6 Å². The Morgan fingerprint density at radius 2 is 2.11 bits per heavy atom. The average Bonchev–Trinajstić information content (AvgIpc) is 2.91. The molecule has 2 aliphatic rings. The average molecular weight is 282 g/mol. The lowest BCUT2D eigenvalue weighted by molar-refractivity contribution is -0.122. The van der Waals surface area contributed by atoms with Crippen LogP contribution in [0.15, 0.2) is 22.8 Å². The molecular weight excluding hydrogens is 264 g/mol.